The zero-order chi connectivity index (χ0) is 14.5. The standard InChI is InChI=1S/C15H26N4O/c1-17(2)13-4-5-14(16)15(12-13)20-11-10-19-8-6-18(3)7-9-19/h4-5,12H,6-11,16H2,1-3H3. The van der Waals surface area contributed by atoms with Gasteiger partial charge in [0.1, 0.15) is 12.4 Å². The van der Waals surface area contributed by atoms with E-state index in [2.05, 4.69) is 16.8 Å². The number of hydrogen-bond donors (Lipinski definition) is 1. The van der Waals surface area contributed by atoms with Gasteiger partial charge in [0.05, 0.1) is 5.69 Å². The minimum Gasteiger partial charge on any atom is -0.490 e. The molecule has 112 valence electrons. The Labute approximate surface area is 121 Å². The van der Waals surface area contributed by atoms with Crippen LogP contribution >= 0.6 is 0 Å². The number of nitrogens with zero attached hydrogens (tertiary/aromatic N) is 3. The van der Waals surface area contributed by atoms with Crippen LogP contribution < -0.4 is 15.4 Å². The van der Waals surface area contributed by atoms with Crippen molar-refractivity contribution in [1.29, 1.82) is 0 Å². The molecule has 5 heteroatoms. The maximum atomic E-state index is 5.96. The summed E-state index contributed by atoms with van der Waals surface area (Å²) in [5.41, 5.74) is 7.77. The lowest BCUT2D eigenvalue weighted by atomic mass is 10.2. The molecule has 0 amide bonds. The number of anilines is 2. The molecular formula is C15H26N4O. The van der Waals surface area contributed by atoms with Crippen molar-refractivity contribution < 1.29 is 4.74 Å². The van der Waals surface area contributed by atoms with Crippen molar-refractivity contribution in [3.05, 3.63) is 18.2 Å². The molecule has 0 radical (unpaired) electrons. The number of ether oxygens (including phenoxy) is 1. The van der Waals surface area contributed by atoms with E-state index in [1.807, 2.05) is 37.2 Å². The summed E-state index contributed by atoms with van der Waals surface area (Å²) in [4.78, 5) is 6.84. The molecule has 0 bridgehead atoms. The third kappa shape index (κ3) is 4.02. The highest BCUT2D eigenvalue weighted by Gasteiger charge is 2.13. The minimum absolute atomic E-state index is 0.685. The molecule has 0 aromatic heterocycles. The van der Waals surface area contributed by atoms with Gasteiger partial charge < -0.3 is 20.3 Å². The first-order valence-electron chi connectivity index (χ1n) is 7.17. The van der Waals surface area contributed by atoms with Crippen LogP contribution in [0.15, 0.2) is 18.2 Å². The summed E-state index contributed by atoms with van der Waals surface area (Å²) in [6, 6.07) is 5.91. The van der Waals surface area contributed by atoms with Crippen molar-refractivity contribution in [1.82, 2.24) is 9.80 Å². The molecule has 20 heavy (non-hydrogen) atoms. The first-order valence-corrected chi connectivity index (χ1v) is 7.17. The van der Waals surface area contributed by atoms with Crippen molar-refractivity contribution in [2.45, 2.75) is 0 Å². The Kier molecular flexibility index (Phi) is 5.09. The quantitative estimate of drug-likeness (QED) is 0.813. The summed E-state index contributed by atoms with van der Waals surface area (Å²) in [6.07, 6.45) is 0. The van der Waals surface area contributed by atoms with E-state index in [4.69, 9.17) is 10.5 Å². The molecule has 5 nitrogen and oxygen atoms in total. The maximum Gasteiger partial charge on any atom is 0.144 e. The third-order valence-electron chi connectivity index (χ3n) is 3.77. The van der Waals surface area contributed by atoms with Crippen LogP contribution in [0, 0.1) is 0 Å². The van der Waals surface area contributed by atoms with Crippen LogP contribution in [-0.2, 0) is 0 Å². The fourth-order valence-electron chi connectivity index (χ4n) is 2.28. The smallest absolute Gasteiger partial charge is 0.144 e. The Bertz CT molecular complexity index is 428. The van der Waals surface area contributed by atoms with Crippen LogP contribution in [0.5, 0.6) is 5.75 Å². The molecule has 0 unspecified atom stereocenters. The van der Waals surface area contributed by atoms with Crippen LogP contribution in [-0.4, -0.2) is 70.3 Å². The first kappa shape index (κ1) is 14.9. The molecule has 1 aliphatic heterocycles. The second-order valence-electron chi connectivity index (χ2n) is 5.61. The van der Waals surface area contributed by atoms with Gasteiger partial charge in [-0.1, -0.05) is 0 Å². The summed E-state index contributed by atoms with van der Waals surface area (Å²) < 4.78 is 5.85. The second kappa shape index (κ2) is 6.81. The molecule has 2 rings (SSSR count). The minimum atomic E-state index is 0.685. The summed E-state index contributed by atoms with van der Waals surface area (Å²) >= 11 is 0. The molecule has 2 N–H and O–H groups in total. The van der Waals surface area contributed by atoms with Crippen molar-refractivity contribution in [3.63, 3.8) is 0 Å². The SMILES string of the molecule is CN1CCN(CCOc2cc(N(C)C)ccc2N)CC1. The number of likely N-dealkylation sites (N-methyl/N-ethyl adjacent to an activating group) is 1. The number of benzene rings is 1. The van der Waals surface area contributed by atoms with Crippen molar-refractivity contribution in [2.75, 3.05) is 71.1 Å². The highest BCUT2D eigenvalue weighted by molar-refractivity contribution is 5.61. The average molecular weight is 278 g/mol. The monoisotopic (exact) mass is 278 g/mol. The molecular weight excluding hydrogens is 252 g/mol. The zero-order valence-electron chi connectivity index (χ0n) is 12.8. The van der Waals surface area contributed by atoms with E-state index < -0.39 is 0 Å². The topological polar surface area (TPSA) is 45.0 Å². The van der Waals surface area contributed by atoms with E-state index in [-0.39, 0.29) is 0 Å². The largest absolute Gasteiger partial charge is 0.490 e. The highest BCUT2D eigenvalue weighted by Crippen LogP contribution is 2.26. The van der Waals surface area contributed by atoms with E-state index in [9.17, 15) is 0 Å². The summed E-state index contributed by atoms with van der Waals surface area (Å²) in [5.74, 6) is 0.783. The molecule has 1 aromatic carbocycles. The molecule has 1 saturated heterocycles. The van der Waals surface area contributed by atoms with E-state index >= 15 is 0 Å². The van der Waals surface area contributed by atoms with Gasteiger partial charge in [-0.2, -0.15) is 0 Å². The van der Waals surface area contributed by atoms with E-state index in [1.54, 1.807) is 0 Å². The van der Waals surface area contributed by atoms with Gasteiger partial charge >= 0.3 is 0 Å². The van der Waals surface area contributed by atoms with Gasteiger partial charge in [0.15, 0.2) is 0 Å². The molecule has 0 saturated carbocycles. The van der Waals surface area contributed by atoms with Gasteiger partial charge in [-0.25, -0.2) is 0 Å². The van der Waals surface area contributed by atoms with E-state index in [0.29, 0.717) is 12.3 Å². The average Bonchev–Trinajstić information content (AvgIpc) is 2.43. The lowest BCUT2D eigenvalue weighted by Gasteiger charge is -2.32. The zero-order valence-corrected chi connectivity index (χ0v) is 12.8. The van der Waals surface area contributed by atoms with Gasteiger partial charge in [0.25, 0.3) is 0 Å². The summed E-state index contributed by atoms with van der Waals surface area (Å²) in [5, 5.41) is 0. The number of rotatable bonds is 5. The normalized spacial score (nSPS) is 17.1. The third-order valence-corrected chi connectivity index (χ3v) is 3.77. The van der Waals surface area contributed by atoms with E-state index in [0.717, 1.165) is 44.2 Å². The summed E-state index contributed by atoms with van der Waals surface area (Å²) in [7, 11) is 6.19. The predicted octanol–water partition coefficient (Wildman–Crippen LogP) is 0.961. The lowest BCUT2D eigenvalue weighted by molar-refractivity contribution is 0.134. The Morgan fingerprint density at radius 1 is 1.20 bits per heavy atom. The van der Waals surface area contributed by atoms with Gasteiger partial charge in [0.2, 0.25) is 0 Å². The molecule has 1 fully saturated rings. The van der Waals surface area contributed by atoms with Crippen LogP contribution in [0.3, 0.4) is 0 Å². The van der Waals surface area contributed by atoms with Crippen LogP contribution in [0.2, 0.25) is 0 Å². The Morgan fingerprint density at radius 2 is 1.90 bits per heavy atom. The second-order valence-corrected chi connectivity index (χ2v) is 5.61. The Hall–Kier alpha value is -1.46. The molecule has 1 aromatic rings. The van der Waals surface area contributed by atoms with Crippen molar-refractivity contribution >= 4 is 11.4 Å². The summed E-state index contributed by atoms with van der Waals surface area (Å²) in [6.45, 7) is 6.15. The van der Waals surface area contributed by atoms with Gasteiger partial charge in [0, 0.05) is 58.6 Å². The number of hydrogen-bond acceptors (Lipinski definition) is 5. The van der Waals surface area contributed by atoms with Gasteiger partial charge in [-0.3, -0.25) is 4.90 Å². The fraction of sp³-hybridized carbons (Fsp3) is 0.600. The number of piperazine rings is 1. The van der Waals surface area contributed by atoms with Gasteiger partial charge in [-0.15, -0.1) is 0 Å². The molecule has 0 atom stereocenters. The Morgan fingerprint density at radius 3 is 2.55 bits per heavy atom. The van der Waals surface area contributed by atoms with Crippen LogP contribution in [0.1, 0.15) is 0 Å². The van der Waals surface area contributed by atoms with Gasteiger partial charge in [-0.05, 0) is 19.2 Å². The number of nitrogen functional groups attached to an aromatic ring is 1. The highest BCUT2D eigenvalue weighted by atomic mass is 16.5. The van der Waals surface area contributed by atoms with Crippen LogP contribution in [0.4, 0.5) is 11.4 Å². The number of nitrogens with two attached hydrogens (primary N) is 1. The maximum absolute atomic E-state index is 5.96. The molecule has 0 spiro atoms. The van der Waals surface area contributed by atoms with E-state index in [1.165, 1.54) is 0 Å². The molecule has 0 aliphatic carbocycles. The fourth-order valence-corrected chi connectivity index (χ4v) is 2.28. The predicted molar refractivity (Wildman–Crippen MR) is 84.6 cm³/mol. The van der Waals surface area contributed by atoms with Crippen molar-refractivity contribution in [2.24, 2.45) is 0 Å². The Balaban J connectivity index is 1.83. The first-order chi connectivity index (χ1) is 9.56. The molecule has 1 aliphatic rings. The van der Waals surface area contributed by atoms with Crippen LogP contribution in [0.25, 0.3) is 0 Å². The molecule has 1 heterocycles. The lowest BCUT2D eigenvalue weighted by Crippen LogP contribution is -2.45. The van der Waals surface area contributed by atoms with Crippen molar-refractivity contribution in [3.8, 4) is 5.75 Å².